The topological polar surface area (TPSA) is 92.8 Å². The molecule has 0 aromatic rings. The molecule has 26 heavy (non-hydrogen) atoms. The molecule has 0 aliphatic heterocycles. The van der Waals surface area contributed by atoms with Crippen LogP contribution in [-0.2, 0) is 24.3 Å². The highest BCUT2D eigenvalue weighted by atomic mass is 32.2. The van der Waals surface area contributed by atoms with E-state index in [1.807, 2.05) is 27.7 Å². The van der Waals surface area contributed by atoms with E-state index in [1.165, 1.54) is 0 Å². The molecule has 0 saturated carbocycles. The van der Waals surface area contributed by atoms with E-state index in [-0.39, 0.29) is 24.0 Å². The van der Waals surface area contributed by atoms with Crippen LogP contribution in [0.3, 0.4) is 0 Å². The first kappa shape index (κ1) is 24.6. The Kier molecular flexibility index (Phi) is 8.99. The number of amides is 1. The summed E-state index contributed by atoms with van der Waals surface area (Å²) in [6, 6.07) is 0. The minimum Gasteiger partial charge on any atom is -0.457 e. The van der Waals surface area contributed by atoms with Crippen molar-refractivity contribution in [1.82, 2.24) is 9.84 Å². The van der Waals surface area contributed by atoms with Gasteiger partial charge in [-0.2, -0.15) is 0 Å². The molecule has 1 N–H and O–H groups in total. The fourth-order valence-electron chi connectivity index (χ4n) is 2.16. The second kappa shape index (κ2) is 9.50. The molecule has 0 aliphatic rings. The highest BCUT2D eigenvalue weighted by Crippen LogP contribution is 2.23. The van der Waals surface area contributed by atoms with Crippen LogP contribution in [0.15, 0.2) is 12.2 Å². The Bertz CT molecular complexity index is 618. The van der Waals surface area contributed by atoms with Crippen LogP contribution in [0.5, 0.6) is 0 Å². The largest absolute Gasteiger partial charge is 0.457 e. The number of nitrogens with zero attached hydrogens (tertiary/aromatic N) is 1. The number of hydrazine groups is 1. The Balaban J connectivity index is 5.48. The lowest BCUT2D eigenvalue weighted by molar-refractivity contribution is -0.151. The van der Waals surface area contributed by atoms with E-state index in [1.54, 1.807) is 20.8 Å². The summed E-state index contributed by atoms with van der Waals surface area (Å²) >= 11 is 0. The zero-order valence-electron chi connectivity index (χ0n) is 17.3. The minimum absolute atomic E-state index is 0.0163. The quantitative estimate of drug-likeness (QED) is 0.371. The van der Waals surface area contributed by atoms with Gasteiger partial charge in [-0.05, 0) is 39.0 Å². The van der Waals surface area contributed by atoms with Gasteiger partial charge in [0, 0.05) is 12.1 Å². The van der Waals surface area contributed by atoms with Crippen molar-refractivity contribution in [3.63, 3.8) is 0 Å². The minimum atomic E-state index is -3.64. The van der Waals surface area contributed by atoms with Crippen molar-refractivity contribution in [3.8, 4) is 0 Å². The standard InChI is InChI=1S/C18H34N2O5S/c1-12(2)10-15(14(5)17(22)25-18(6,7)8)16(21)19-20(11-13(3)4)26(9,23)24/h12-13,15H,5,10-11H2,1-4,6-9H3,(H,19,21)/t15-/m1/s1. The summed E-state index contributed by atoms with van der Waals surface area (Å²) < 4.78 is 30.1. The fourth-order valence-corrected chi connectivity index (χ4v) is 2.99. The number of rotatable bonds is 9. The summed E-state index contributed by atoms with van der Waals surface area (Å²) in [7, 11) is -3.64. The summed E-state index contributed by atoms with van der Waals surface area (Å²) in [6.07, 6.45) is 1.37. The van der Waals surface area contributed by atoms with E-state index < -0.39 is 33.4 Å². The molecule has 0 aliphatic carbocycles. The highest BCUT2D eigenvalue weighted by molar-refractivity contribution is 7.88. The first-order valence-electron chi connectivity index (χ1n) is 8.75. The zero-order valence-corrected chi connectivity index (χ0v) is 18.1. The third-order valence-corrected chi connectivity index (χ3v) is 4.31. The number of sulfonamides is 1. The van der Waals surface area contributed by atoms with Gasteiger partial charge in [0.2, 0.25) is 15.9 Å². The summed E-state index contributed by atoms with van der Waals surface area (Å²) in [5, 5.41) is 0. The third-order valence-electron chi connectivity index (χ3n) is 3.27. The predicted molar refractivity (Wildman–Crippen MR) is 102 cm³/mol. The van der Waals surface area contributed by atoms with Crippen molar-refractivity contribution in [3.05, 3.63) is 12.2 Å². The molecular formula is C18H34N2O5S. The number of hydrogen-bond acceptors (Lipinski definition) is 5. The molecular weight excluding hydrogens is 356 g/mol. The van der Waals surface area contributed by atoms with Gasteiger partial charge in [-0.3, -0.25) is 10.2 Å². The molecule has 0 saturated heterocycles. The zero-order chi connectivity index (χ0) is 20.9. The van der Waals surface area contributed by atoms with Crippen molar-refractivity contribution in [1.29, 1.82) is 0 Å². The lowest BCUT2D eigenvalue weighted by Gasteiger charge is -2.27. The van der Waals surface area contributed by atoms with Crippen LogP contribution in [0.1, 0.15) is 54.9 Å². The van der Waals surface area contributed by atoms with E-state index >= 15 is 0 Å². The Labute approximate surface area is 158 Å². The molecule has 0 spiro atoms. The molecule has 0 heterocycles. The molecule has 0 fully saturated rings. The summed E-state index contributed by atoms with van der Waals surface area (Å²) in [5.41, 5.74) is 1.73. The van der Waals surface area contributed by atoms with Crippen molar-refractivity contribution in [2.24, 2.45) is 17.8 Å². The maximum Gasteiger partial charge on any atom is 0.334 e. The molecule has 1 atom stereocenters. The van der Waals surface area contributed by atoms with Crippen molar-refractivity contribution in [2.75, 3.05) is 12.8 Å². The summed E-state index contributed by atoms with van der Waals surface area (Å²) in [5.74, 6) is -2.00. The van der Waals surface area contributed by atoms with E-state index in [4.69, 9.17) is 4.74 Å². The van der Waals surface area contributed by atoms with Crippen LogP contribution in [-0.4, -0.2) is 43.1 Å². The normalized spacial score (nSPS) is 13.8. The highest BCUT2D eigenvalue weighted by Gasteiger charge is 2.32. The molecule has 0 radical (unpaired) electrons. The van der Waals surface area contributed by atoms with Crippen molar-refractivity contribution < 1.29 is 22.7 Å². The lowest BCUT2D eigenvalue weighted by Crippen LogP contribution is -2.50. The molecule has 8 heteroatoms. The Morgan fingerprint density at radius 2 is 1.62 bits per heavy atom. The first-order valence-corrected chi connectivity index (χ1v) is 10.6. The van der Waals surface area contributed by atoms with E-state index in [9.17, 15) is 18.0 Å². The van der Waals surface area contributed by atoms with Gasteiger partial charge < -0.3 is 4.74 Å². The molecule has 0 aromatic heterocycles. The van der Waals surface area contributed by atoms with Crippen LogP contribution in [0.25, 0.3) is 0 Å². The number of ether oxygens (including phenoxy) is 1. The molecule has 1 amide bonds. The maximum atomic E-state index is 12.7. The average molecular weight is 391 g/mol. The first-order chi connectivity index (χ1) is 11.5. The number of carbonyl (C=O) groups excluding carboxylic acids is 2. The maximum absolute atomic E-state index is 12.7. The number of carbonyl (C=O) groups is 2. The van der Waals surface area contributed by atoms with E-state index in [0.29, 0.717) is 6.42 Å². The van der Waals surface area contributed by atoms with Crippen LogP contribution < -0.4 is 5.43 Å². The number of nitrogens with one attached hydrogen (secondary N) is 1. The van der Waals surface area contributed by atoms with Gasteiger partial charge in [0.1, 0.15) is 5.60 Å². The Morgan fingerprint density at radius 3 is 1.96 bits per heavy atom. The molecule has 0 bridgehead atoms. The Hall–Kier alpha value is -1.41. The molecule has 152 valence electrons. The van der Waals surface area contributed by atoms with E-state index in [2.05, 4.69) is 12.0 Å². The van der Waals surface area contributed by atoms with Gasteiger partial charge in [0.15, 0.2) is 0 Å². The molecule has 0 unspecified atom stereocenters. The van der Waals surface area contributed by atoms with Gasteiger partial charge in [-0.1, -0.05) is 34.3 Å². The van der Waals surface area contributed by atoms with Crippen LogP contribution in [0.2, 0.25) is 0 Å². The summed E-state index contributed by atoms with van der Waals surface area (Å²) in [4.78, 5) is 25.1. The number of hydrogen-bond donors (Lipinski definition) is 1. The van der Waals surface area contributed by atoms with Gasteiger partial charge in [0.25, 0.3) is 0 Å². The van der Waals surface area contributed by atoms with Crippen LogP contribution >= 0.6 is 0 Å². The van der Waals surface area contributed by atoms with Gasteiger partial charge in [-0.25, -0.2) is 13.2 Å². The van der Waals surface area contributed by atoms with Gasteiger partial charge >= 0.3 is 5.97 Å². The second-order valence-electron chi connectivity index (χ2n) is 8.37. The molecule has 7 nitrogen and oxygen atoms in total. The fraction of sp³-hybridized carbons (Fsp3) is 0.778. The van der Waals surface area contributed by atoms with Crippen molar-refractivity contribution >= 4 is 21.9 Å². The number of esters is 1. The Morgan fingerprint density at radius 1 is 1.12 bits per heavy atom. The van der Waals surface area contributed by atoms with Crippen LogP contribution in [0.4, 0.5) is 0 Å². The van der Waals surface area contributed by atoms with E-state index in [0.717, 1.165) is 10.7 Å². The average Bonchev–Trinajstić information content (AvgIpc) is 2.39. The third kappa shape index (κ3) is 9.33. The lowest BCUT2D eigenvalue weighted by atomic mass is 9.90. The SMILES string of the molecule is C=C(C(=O)OC(C)(C)C)[C@@H](CC(C)C)C(=O)NN(CC(C)C)S(C)(=O)=O. The molecule has 0 rings (SSSR count). The van der Waals surface area contributed by atoms with Crippen molar-refractivity contribution in [2.45, 2.75) is 60.5 Å². The molecule has 0 aromatic carbocycles. The summed E-state index contributed by atoms with van der Waals surface area (Å²) in [6.45, 7) is 16.6. The van der Waals surface area contributed by atoms with Gasteiger partial charge in [-0.15, -0.1) is 4.41 Å². The monoisotopic (exact) mass is 390 g/mol. The van der Waals surface area contributed by atoms with Gasteiger partial charge in [0.05, 0.1) is 12.2 Å². The van der Waals surface area contributed by atoms with Crippen LogP contribution in [0, 0.1) is 17.8 Å². The smallest absolute Gasteiger partial charge is 0.334 e. The second-order valence-corrected chi connectivity index (χ2v) is 10.3. The predicted octanol–water partition coefficient (Wildman–Crippen LogP) is 2.50.